The molecule has 0 saturated heterocycles. The average Bonchev–Trinajstić information content (AvgIpc) is 2.45. The first-order valence-corrected chi connectivity index (χ1v) is 6.02. The maximum absolute atomic E-state index is 12.1. The number of hydrogen-bond acceptors (Lipinski definition) is 5. The lowest BCUT2D eigenvalue weighted by atomic mass is 9.75. The summed E-state index contributed by atoms with van der Waals surface area (Å²) in [5.74, 6) is -7.32. The van der Waals surface area contributed by atoms with Crippen LogP contribution in [0.3, 0.4) is 0 Å². The quantitative estimate of drug-likeness (QED) is 0.438. The number of carboxylic acid groups (broad SMARTS) is 2. The Hall–Kier alpha value is -2.18. The molecule has 0 aliphatic heterocycles. The molecule has 0 heterocycles. The van der Waals surface area contributed by atoms with Crippen LogP contribution in [0.5, 0.6) is 0 Å². The van der Waals surface area contributed by atoms with Gasteiger partial charge in [-0.3, -0.25) is 14.4 Å². The minimum Gasteiger partial charge on any atom is -0.481 e. The van der Waals surface area contributed by atoms with Crippen LogP contribution in [0.2, 0.25) is 0 Å². The zero-order valence-corrected chi connectivity index (χ0v) is 11.4. The van der Waals surface area contributed by atoms with E-state index in [4.69, 9.17) is 5.11 Å². The van der Waals surface area contributed by atoms with Crippen LogP contribution in [0, 0.1) is 17.3 Å². The Morgan fingerprint density at radius 1 is 1.20 bits per heavy atom. The molecule has 0 radical (unpaired) electrons. The minimum atomic E-state index is -1.50. The van der Waals surface area contributed by atoms with Gasteiger partial charge >= 0.3 is 17.9 Å². The fraction of sp³-hybridized carbons (Fsp3) is 0.538. The van der Waals surface area contributed by atoms with Gasteiger partial charge in [-0.15, -0.1) is 0 Å². The van der Waals surface area contributed by atoms with Crippen molar-refractivity contribution in [2.75, 3.05) is 6.61 Å². The fourth-order valence-electron chi connectivity index (χ4n) is 2.56. The Morgan fingerprint density at radius 3 is 2.10 bits per heavy atom. The van der Waals surface area contributed by atoms with Gasteiger partial charge in [0, 0.05) is 17.1 Å². The fourth-order valence-corrected chi connectivity index (χ4v) is 2.56. The van der Waals surface area contributed by atoms with Crippen molar-refractivity contribution in [3.63, 3.8) is 0 Å². The Morgan fingerprint density at radius 2 is 1.70 bits per heavy atom. The molecule has 1 aliphatic carbocycles. The number of ketones is 1. The summed E-state index contributed by atoms with van der Waals surface area (Å²) in [6, 6.07) is 0. The zero-order valence-electron chi connectivity index (χ0n) is 11.4. The van der Waals surface area contributed by atoms with Crippen LogP contribution < -0.4 is 0 Å². The highest BCUT2D eigenvalue weighted by molar-refractivity contribution is 6.16. The molecule has 0 aromatic rings. The largest absolute Gasteiger partial charge is 0.481 e. The van der Waals surface area contributed by atoms with Gasteiger partial charge in [0.25, 0.3) is 0 Å². The molecular weight excluding hydrogens is 268 g/mol. The molecule has 0 bridgehead atoms. The van der Waals surface area contributed by atoms with Crippen LogP contribution in [-0.4, -0.2) is 40.5 Å². The molecule has 2 unspecified atom stereocenters. The van der Waals surface area contributed by atoms with Crippen LogP contribution >= 0.6 is 0 Å². The second-order valence-corrected chi connectivity index (χ2v) is 5.08. The molecule has 0 amide bonds. The number of carbonyl (C=O) groups excluding carboxylic acids is 2. The monoisotopic (exact) mass is 284 g/mol. The molecule has 20 heavy (non-hydrogen) atoms. The second-order valence-electron chi connectivity index (χ2n) is 5.08. The van der Waals surface area contributed by atoms with Crippen molar-refractivity contribution in [2.45, 2.75) is 20.8 Å². The lowest BCUT2D eigenvalue weighted by Gasteiger charge is -2.26. The molecule has 0 aromatic carbocycles. The number of carboxylic acids is 2. The first-order valence-electron chi connectivity index (χ1n) is 6.02. The zero-order chi connectivity index (χ0) is 15.7. The number of hydrogen-bond donors (Lipinski definition) is 2. The van der Waals surface area contributed by atoms with Crippen LogP contribution in [0.25, 0.3) is 0 Å². The molecule has 1 fully saturated rings. The third-order valence-corrected chi connectivity index (χ3v) is 3.40. The van der Waals surface area contributed by atoms with E-state index in [2.05, 4.69) is 4.74 Å². The summed E-state index contributed by atoms with van der Waals surface area (Å²) in [6.07, 6.45) is 0.787. The van der Waals surface area contributed by atoms with E-state index >= 15 is 0 Å². The number of Topliss-reactive ketones (excluding diaryl/α,β-unsaturated/α-hetero) is 1. The molecule has 1 aliphatic rings. The Labute approximate surface area is 115 Å². The molecule has 7 heteroatoms. The highest BCUT2D eigenvalue weighted by Gasteiger charge is 2.58. The molecule has 0 spiro atoms. The molecule has 2 N–H and O–H groups in total. The van der Waals surface area contributed by atoms with Crippen molar-refractivity contribution >= 4 is 23.7 Å². The predicted octanol–water partition coefficient (Wildman–Crippen LogP) is 0.486. The molecular formula is C13H16O7. The summed E-state index contributed by atoms with van der Waals surface area (Å²) < 4.78 is 4.64. The Balaban J connectivity index is 3.35. The van der Waals surface area contributed by atoms with Crippen LogP contribution in [0.15, 0.2) is 11.6 Å². The van der Waals surface area contributed by atoms with Crippen molar-refractivity contribution in [3.05, 3.63) is 11.6 Å². The van der Waals surface area contributed by atoms with Crippen molar-refractivity contribution < 1.29 is 34.1 Å². The van der Waals surface area contributed by atoms with E-state index in [9.17, 15) is 24.3 Å². The molecule has 1 rings (SSSR count). The first-order chi connectivity index (χ1) is 9.14. The molecule has 2 atom stereocenters. The van der Waals surface area contributed by atoms with Crippen molar-refractivity contribution in [2.24, 2.45) is 17.3 Å². The number of esters is 1. The van der Waals surface area contributed by atoms with E-state index in [-0.39, 0.29) is 12.2 Å². The smallest absolute Gasteiger partial charge is 0.331 e. The van der Waals surface area contributed by atoms with E-state index in [1.165, 1.54) is 13.8 Å². The van der Waals surface area contributed by atoms with E-state index in [1.54, 1.807) is 6.92 Å². The van der Waals surface area contributed by atoms with Gasteiger partial charge in [0.15, 0.2) is 5.78 Å². The summed E-state index contributed by atoms with van der Waals surface area (Å²) >= 11 is 0. The number of carbonyl (C=O) groups is 4. The number of aliphatic carboxylic acids is 2. The summed E-state index contributed by atoms with van der Waals surface area (Å²) in [6.45, 7) is 4.40. The van der Waals surface area contributed by atoms with Gasteiger partial charge < -0.3 is 14.9 Å². The van der Waals surface area contributed by atoms with E-state index < -0.39 is 40.9 Å². The van der Waals surface area contributed by atoms with Crippen LogP contribution in [0.4, 0.5) is 0 Å². The highest BCUT2D eigenvalue weighted by Crippen LogP contribution is 2.48. The SMILES string of the molecule is CCOC(=O)/C=C1/C(=O)C(C(=O)O)C(C)(C)C1C(=O)O. The molecule has 7 nitrogen and oxygen atoms in total. The Kier molecular flexibility index (Phi) is 4.32. The highest BCUT2D eigenvalue weighted by atomic mass is 16.5. The maximum atomic E-state index is 12.1. The lowest BCUT2D eigenvalue weighted by molar-refractivity contribution is -0.150. The number of ether oxygens (including phenoxy) is 1. The topological polar surface area (TPSA) is 118 Å². The molecule has 0 aromatic heterocycles. The number of rotatable bonds is 4. The average molecular weight is 284 g/mol. The summed E-state index contributed by atoms with van der Waals surface area (Å²) in [5, 5.41) is 18.4. The normalized spacial score (nSPS) is 26.6. The minimum absolute atomic E-state index is 0.0697. The van der Waals surface area contributed by atoms with Crippen molar-refractivity contribution in [1.29, 1.82) is 0 Å². The molecule has 110 valence electrons. The summed E-state index contributed by atoms with van der Waals surface area (Å²) in [7, 11) is 0. The van der Waals surface area contributed by atoms with Crippen molar-refractivity contribution in [3.8, 4) is 0 Å². The predicted molar refractivity (Wildman–Crippen MR) is 65.8 cm³/mol. The van der Waals surface area contributed by atoms with E-state index in [1.807, 2.05) is 0 Å². The van der Waals surface area contributed by atoms with Gasteiger partial charge in [0.2, 0.25) is 0 Å². The van der Waals surface area contributed by atoms with Crippen LogP contribution in [-0.2, 0) is 23.9 Å². The maximum Gasteiger partial charge on any atom is 0.331 e. The molecule has 1 saturated carbocycles. The Bertz CT molecular complexity index is 501. The summed E-state index contributed by atoms with van der Waals surface area (Å²) in [5.41, 5.74) is -1.65. The summed E-state index contributed by atoms with van der Waals surface area (Å²) in [4.78, 5) is 46.0. The lowest BCUT2D eigenvalue weighted by Crippen LogP contribution is -2.35. The van der Waals surface area contributed by atoms with Gasteiger partial charge in [-0.2, -0.15) is 0 Å². The second kappa shape index (κ2) is 5.44. The van der Waals surface area contributed by atoms with E-state index in [0.717, 1.165) is 6.08 Å². The van der Waals surface area contributed by atoms with Gasteiger partial charge in [-0.1, -0.05) is 13.8 Å². The van der Waals surface area contributed by atoms with Gasteiger partial charge in [-0.25, -0.2) is 4.79 Å². The van der Waals surface area contributed by atoms with E-state index in [0.29, 0.717) is 0 Å². The van der Waals surface area contributed by atoms with Crippen LogP contribution in [0.1, 0.15) is 20.8 Å². The van der Waals surface area contributed by atoms with Gasteiger partial charge in [0.05, 0.1) is 12.5 Å². The standard InChI is InChI=1S/C13H16O7/c1-4-20-7(14)5-6-8(11(16)17)13(2,3)9(10(6)15)12(18)19/h5,8-9H,4H2,1-3H3,(H,16,17)(H,18,19)/b6-5+. The van der Waals surface area contributed by atoms with Gasteiger partial charge in [0.1, 0.15) is 5.92 Å². The van der Waals surface area contributed by atoms with Crippen molar-refractivity contribution in [1.82, 2.24) is 0 Å². The first kappa shape index (κ1) is 15.9. The van der Waals surface area contributed by atoms with Gasteiger partial charge in [-0.05, 0) is 6.92 Å². The third-order valence-electron chi connectivity index (χ3n) is 3.40. The third kappa shape index (κ3) is 2.56.